The summed E-state index contributed by atoms with van der Waals surface area (Å²) < 4.78 is 11.6. The van der Waals surface area contributed by atoms with Gasteiger partial charge in [0.15, 0.2) is 5.76 Å². The Morgan fingerprint density at radius 2 is 2.07 bits per heavy atom. The second-order valence-corrected chi connectivity index (χ2v) is 7.09. The lowest BCUT2D eigenvalue weighted by molar-refractivity contribution is -0.147. The minimum absolute atomic E-state index is 0.0237. The lowest BCUT2D eigenvalue weighted by atomic mass is 9.91. The first-order valence-electron chi connectivity index (χ1n) is 9.68. The third-order valence-corrected chi connectivity index (χ3v) is 5.08. The van der Waals surface area contributed by atoms with Crippen LogP contribution in [0.3, 0.4) is 0 Å². The molecule has 27 heavy (non-hydrogen) atoms. The van der Waals surface area contributed by atoms with Crippen molar-refractivity contribution in [2.45, 2.75) is 56.8 Å². The second kappa shape index (κ2) is 9.59. The number of carbonyl (C=O) groups excluding carboxylic acids is 1. The number of hydrogen-bond donors (Lipinski definition) is 2. The van der Waals surface area contributed by atoms with E-state index in [1.807, 2.05) is 30.3 Å². The van der Waals surface area contributed by atoms with Crippen LogP contribution >= 0.6 is 0 Å². The normalized spacial score (nSPS) is 22.1. The van der Waals surface area contributed by atoms with Crippen molar-refractivity contribution in [3.63, 3.8) is 0 Å². The predicted octanol–water partition coefficient (Wildman–Crippen LogP) is 2.84. The zero-order valence-corrected chi connectivity index (χ0v) is 15.5. The molecular weight excluding hydrogens is 342 g/mol. The van der Waals surface area contributed by atoms with Crippen LogP contribution in [0.5, 0.6) is 0 Å². The third kappa shape index (κ3) is 5.35. The summed E-state index contributed by atoms with van der Waals surface area (Å²) in [4.78, 5) is 12.6. The summed E-state index contributed by atoms with van der Waals surface area (Å²) in [5.74, 6) is 2.79. The first-order chi connectivity index (χ1) is 13.2. The van der Waals surface area contributed by atoms with Crippen LogP contribution in [0, 0.1) is 12.3 Å². The molecule has 0 bridgehead atoms. The van der Waals surface area contributed by atoms with Gasteiger partial charge < -0.3 is 19.9 Å². The summed E-state index contributed by atoms with van der Waals surface area (Å²) >= 11 is 0. The van der Waals surface area contributed by atoms with E-state index in [2.05, 4.69) is 11.2 Å². The van der Waals surface area contributed by atoms with Crippen LogP contribution in [0.4, 0.5) is 0 Å². The van der Waals surface area contributed by atoms with Crippen molar-refractivity contribution in [3.8, 4) is 12.3 Å². The molecule has 0 saturated heterocycles. The van der Waals surface area contributed by atoms with E-state index in [1.165, 1.54) is 0 Å². The van der Waals surface area contributed by atoms with Crippen LogP contribution in [-0.4, -0.2) is 36.6 Å². The average Bonchev–Trinajstić information content (AvgIpc) is 2.67. The van der Waals surface area contributed by atoms with Gasteiger partial charge in [0.05, 0.1) is 6.61 Å². The Morgan fingerprint density at radius 1 is 1.30 bits per heavy atom. The van der Waals surface area contributed by atoms with Crippen LogP contribution in [0.15, 0.2) is 36.1 Å². The highest BCUT2D eigenvalue weighted by molar-refractivity contribution is 5.92. The second-order valence-electron chi connectivity index (χ2n) is 7.09. The monoisotopic (exact) mass is 369 g/mol. The highest BCUT2D eigenvalue weighted by Gasteiger charge is 2.30. The molecule has 1 heterocycles. The molecule has 144 valence electrons. The van der Waals surface area contributed by atoms with E-state index in [1.54, 1.807) is 0 Å². The van der Waals surface area contributed by atoms with Crippen molar-refractivity contribution in [2.75, 3.05) is 13.2 Å². The zero-order valence-electron chi connectivity index (χ0n) is 15.5. The lowest BCUT2D eigenvalue weighted by Crippen LogP contribution is -2.42. The lowest BCUT2D eigenvalue weighted by Gasteiger charge is -2.31. The number of ether oxygens (including phenoxy) is 2. The maximum atomic E-state index is 12.6. The van der Waals surface area contributed by atoms with Crippen molar-refractivity contribution in [3.05, 3.63) is 47.2 Å². The van der Waals surface area contributed by atoms with Crippen LogP contribution in [0.1, 0.15) is 55.6 Å². The Labute approximate surface area is 160 Å². The van der Waals surface area contributed by atoms with Crippen molar-refractivity contribution in [1.29, 1.82) is 0 Å². The largest absolute Gasteiger partial charge is 0.459 e. The Morgan fingerprint density at radius 3 is 2.70 bits per heavy atom. The molecule has 0 unspecified atom stereocenters. The molecule has 1 aromatic rings. The number of hydrogen-bond acceptors (Lipinski definition) is 4. The van der Waals surface area contributed by atoms with Gasteiger partial charge in [-0.05, 0) is 55.9 Å². The summed E-state index contributed by atoms with van der Waals surface area (Å²) in [5.41, 5.74) is 1.91. The van der Waals surface area contributed by atoms with Gasteiger partial charge in [0, 0.05) is 30.6 Å². The van der Waals surface area contributed by atoms with Gasteiger partial charge in [-0.2, -0.15) is 0 Å². The Kier molecular flexibility index (Phi) is 6.92. The van der Waals surface area contributed by atoms with Crippen LogP contribution in [0.2, 0.25) is 0 Å². The van der Waals surface area contributed by atoms with E-state index < -0.39 is 6.29 Å². The van der Waals surface area contributed by atoms with Gasteiger partial charge in [0.25, 0.3) is 5.91 Å². The molecule has 0 radical (unpaired) electrons. The van der Waals surface area contributed by atoms with Gasteiger partial charge in [-0.25, -0.2) is 0 Å². The Balaban J connectivity index is 1.71. The van der Waals surface area contributed by atoms with Crippen molar-refractivity contribution in [1.82, 2.24) is 5.32 Å². The molecule has 1 fully saturated rings. The summed E-state index contributed by atoms with van der Waals surface area (Å²) in [6.07, 6.45) is 12.1. The fraction of sp³-hybridized carbons (Fsp3) is 0.500. The predicted molar refractivity (Wildman–Crippen MR) is 103 cm³/mol. The van der Waals surface area contributed by atoms with Gasteiger partial charge in [-0.3, -0.25) is 4.79 Å². The topological polar surface area (TPSA) is 67.8 Å². The van der Waals surface area contributed by atoms with Crippen LogP contribution < -0.4 is 5.32 Å². The molecule has 1 amide bonds. The fourth-order valence-corrected chi connectivity index (χ4v) is 3.21. The number of nitrogens with one attached hydrogen (secondary N) is 1. The minimum Gasteiger partial charge on any atom is -0.459 e. The average molecular weight is 369 g/mol. The third-order valence-electron chi connectivity index (χ3n) is 5.08. The molecule has 2 N–H and O–H groups in total. The minimum atomic E-state index is -0.479. The van der Waals surface area contributed by atoms with E-state index >= 15 is 0 Å². The maximum absolute atomic E-state index is 12.6. The number of unbranched alkanes of at least 4 members (excludes halogenated alkanes) is 1. The first-order valence-corrected chi connectivity index (χ1v) is 9.68. The number of terminal acetylenes is 1. The standard InChI is InChI=1S/C22H27NO4/c1-2-16-8-10-17(11-9-16)18-14-20(22(25)23-19-6-5-7-19)27-21(15-18)26-13-4-3-12-24/h1,8-11,14,18-19,21,24H,3-7,12-13,15H2,(H,23,25)/t18-,21+/m0/s1. The highest BCUT2D eigenvalue weighted by Crippen LogP contribution is 2.32. The molecule has 2 atom stereocenters. The number of rotatable bonds is 8. The fourth-order valence-electron chi connectivity index (χ4n) is 3.21. The number of benzene rings is 1. The Hall–Kier alpha value is -2.29. The van der Waals surface area contributed by atoms with Crippen molar-refractivity contribution in [2.24, 2.45) is 0 Å². The van der Waals surface area contributed by atoms with E-state index in [9.17, 15) is 4.79 Å². The van der Waals surface area contributed by atoms with Gasteiger partial charge in [-0.1, -0.05) is 18.1 Å². The molecule has 5 nitrogen and oxygen atoms in total. The van der Waals surface area contributed by atoms with Gasteiger partial charge in [0.1, 0.15) is 0 Å². The highest BCUT2D eigenvalue weighted by atomic mass is 16.7. The molecule has 5 heteroatoms. The van der Waals surface area contributed by atoms with E-state index in [0.29, 0.717) is 25.2 Å². The van der Waals surface area contributed by atoms with Gasteiger partial charge in [0.2, 0.25) is 6.29 Å². The van der Waals surface area contributed by atoms with Crippen molar-refractivity contribution < 1.29 is 19.4 Å². The molecule has 0 aromatic heterocycles. The number of aliphatic hydroxyl groups excluding tert-OH is 1. The van der Waals surface area contributed by atoms with Gasteiger partial charge in [-0.15, -0.1) is 6.42 Å². The summed E-state index contributed by atoms with van der Waals surface area (Å²) in [7, 11) is 0. The zero-order chi connectivity index (χ0) is 19.1. The molecule has 1 aliphatic heterocycles. The summed E-state index contributed by atoms with van der Waals surface area (Å²) in [5, 5.41) is 11.9. The number of carbonyl (C=O) groups is 1. The van der Waals surface area contributed by atoms with E-state index in [4.69, 9.17) is 21.0 Å². The van der Waals surface area contributed by atoms with Crippen LogP contribution in [-0.2, 0) is 14.3 Å². The van der Waals surface area contributed by atoms with E-state index in [-0.39, 0.29) is 24.5 Å². The number of amides is 1. The molecule has 1 aliphatic carbocycles. The smallest absolute Gasteiger partial charge is 0.286 e. The van der Waals surface area contributed by atoms with Gasteiger partial charge >= 0.3 is 0 Å². The molecular formula is C22H27NO4. The van der Waals surface area contributed by atoms with Crippen LogP contribution in [0.25, 0.3) is 0 Å². The van der Waals surface area contributed by atoms with E-state index in [0.717, 1.165) is 36.8 Å². The first kappa shape index (κ1) is 19.5. The Bertz CT molecular complexity index is 700. The maximum Gasteiger partial charge on any atom is 0.286 e. The van der Waals surface area contributed by atoms with Crippen molar-refractivity contribution >= 4 is 5.91 Å². The molecule has 2 aliphatic rings. The molecule has 0 spiro atoms. The summed E-state index contributed by atoms with van der Waals surface area (Å²) in [6, 6.07) is 8.05. The molecule has 1 saturated carbocycles. The number of aliphatic hydroxyl groups is 1. The quantitative estimate of drug-likeness (QED) is 0.546. The molecule has 1 aromatic carbocycles. The summed E-state index contributed by atoms with van der Waals surface area (Å²) in [6.45, 7) is 0.638. The molecule has 3 rings (SSSR count). The SMILES string of the molecule is C#Cc1ccc([C@H]2C=C(C(=O)NC3CCC3)O[C@@H](OCCCCO)C2)cc1. The number of allylic oxidation sites excluding steroid dienone is 1.